The van der Waals surface area contributed by atoms with Gasteiger partial charge in [-0.05, 0) is 26.3 Å². The zero-order valence-corrected chi connectivity index (χ0v) is 11.4. The van der Waals surface area contributed by atoms with Crippen molar-refractivity contribution in [3.8, 4) is 11.4 Å². The Morgan fingerprint density at radius 1 is 1.35 bits per heavy atom. The molecule has 0 atom stereocenters. The van der Waals surface area contributed by atoms with E-state index in [9.17, 15) is 9.59 Å². The Balaban J connectivity index is 2.40. The summed E-state index contributed by atoms with van der Waals surface area (Å²) in [4.78, 5) is 29.7. The molecule has 104 valence electrons. The molecule has 5 nitrogen and oxygen atoms in total. The SMILES string of the molecule is Cc1cccc(-c2nc(C)c(CCC(=O)O)c(=O)[nH]2)c1. The van der Waals surface area contributed by atoms with Crippen molar-refractivity contribution in [2.75, 3.05) is 0 Å². The molecule has 2 aromatic rings. The first-order valence-electron chi connectivity index (χ1n) is 6.36. The largest absolute Gasteiger partial charge is 0.481 e. The van der Waals surface area contributed by atoms with Crippen LogP contribution in [0.2, 0.25) is 0 Å². The van der Waals surface area contributed by atoms with Crippen molar-refractivity contribution in [2.45, 2.75) is 26.7 Å². The molecule has 1 aromatic heterocycles. The predicted octanol–water partition coefficient (Wildman–Crippen LogP) is 2.07. The number of carboxylic acid groups (broad SMARTS) is 1. The van der Waals surface area contributed by atoms with Crippen molar-refractivity contribution in [1.82, 2.24) is 9.97 Å². The van der Waals surface area contributed by atoms with Crippen molar-refractivity contribution in [2.24, 2.45) is 0 Å². The van der Waals surface area contributed by atoms with E-state index >= 15 is 0 Å². The molecule has 0 spiro atoms. The first-order chi connectivity index (χ1) is 9.47. The molecule has 0 aliphatic carbocycles. The number of nitrogens with one attached hydrogen (secondary N) is 1. The van der Waals surface area contributed by atoms with Gasteiger partial charge in [-0.3, -0.25) is 9.59 Å². The zero-order chi connectivity index (χ0) is 14.7. The fraction of sp³-hybridized carbons (Fsp3) is 0.267. The summed E-state index contributed by atoms with van der Waals surface area (Å²) in [5, 5.41) is 8.69. The second-order valence-electron chi connectivity index (χ2n) is 4.74. The van der Waals surface area contributed by atoms with Crippen LogP contribution in [0.15, 0.2) is 29.1 Å². The van der Waals surface area contributed by atoms with Crippen LogP contribution in [0.3, 0.4) is 0 Å². The van der Waals surface area contributed by atoms with Crippen LogP contribution in [0.4, 0.5) is 0 Å². The molecule has 0 unspecified atom stereocenters. The third kappa shape index (κ3) is 3.12. The lowest BCUT2D eigenvalue weighted by molar-refractivity contribution is -0.136. The monoisotopic (exact) mass is 272 g/mol. The topological polar surface area (TPSA) is 83.0 Å². The van der Waals surface area contributed by atoms with Crippen LogP contribution in [0.1, 0.15) is 23.2 Å². The highest BCUT2D eigenvalue weighted by Crippen LogP contribution is 2.16. The first-order valence-corrected chi connectivity index (χ1v) is 6.36. The third-order valence-electron chi connectivity index (χ3n) is 3.10. The number of hydrogen-bond donors (Lipinski definition) is 2. The van der Waals surface area contributed by atoms with Gasteiger partial charge in [-0.15, -0.1) is 0 Å². The number of aromatic nitrogens is 2. The lowest BCUT2D eigenvalue weighted by Crippen LogP contribution is -2.18. The van der Waals surface area contributed by atoms with E-state index in [0.717, 1.165) is 11.1 Å². The third-order valence-corrected chi connectivity index (χ3v) is 3.10. The molecule has 0 aliphatic rings. The number of carbonyl (C=O) groups is 1. The van der Waals surface area contributed by atoms with Crippen LogP contribution in [-0.2, 0) is 11.2 Å². The Morgan fingerprint density at radius 3 is 2.70 bits per heavy atom. The molecule has 0 bridgehead atoms. The summed E-state index contributed by atoms with van der Waals surface area (Å²) in [6, 6.07) is 7.68. The van der Waals surface area contributed by atoms with Gasteiger partial charge < -0.3 is 10.1 Å². The fourth-order valence-corrected chi connectivity index (χ4v) is 2.07. The Hall–Kier alpha value is -2.43. The minimum Gasteiger partial charge on any atom is -0.481 e. The standard InChI is InChI=1S/C15H16N2O3/c1-9-4-3-5-11(8-9)14-16-10(2)12(15(20)17-14)6-7-13(18)19/h3-5,8H,6-7H2,1-2H3,(H,18,19)(H,16,17,20). The maximum absolute atomic E-state index is 12.0. The zero-order valence-electron chi connectivity index (χ0n) is 11.4. The van der Waals surface area contributed by atoms with E-state index in [-0.39, 0.29) is 18.4 Å². The fourth-order valence-electron chi connectivity index (χ4n) is 2.07. The number of benzene rings is 1. The van der Waals surface area contributed by atoms with E-state index < -0.39 is 5.97 Å². The van der Waals surface area contributed by atoms with Crippen molar-refractivity contribution in [3.63, 3.8) is 0 Å². The van der Waals surface area contributed by atoms with Gasteiger partial charge in [0, 0.05) is 23.2 Å². The minimum atomic E-state index is -0.924. The lowest BCUT2D eigenvalue weighted by Gasteiger charge is -2.07. The molecule has 0 saturated heterocycles. The molecule has 0 saturated carbocycles. The van der Waals surface area contributed by atoms with Crippen molar-refractivity contribution in [1.29, 1.82) is 0 Å². The Bertz CT molecular complexity index is 705. The molecule has 2 rings (SSSR count). The van der Waals surface area contributed by atoms with Gasteiger partial charge in [-0.1, -0.05) is 23.8 Å². The van der Waals surface area contributed by atoms with E-state index in [1.54, 1.807) is 6.92 Å². The molecule has 0 radical (unpaired) electrons. The molecular formula is C15H16N2O3. The van der Waals surface area contributed by atoms with Gasteiger partial charge in [0.1, 0.15) is 5.82 Å². The average molecular weight is 272 g/mol. The number of hydrogen-bond acceptors (Lipinski definition) is 3. The summed E-state index contributed by atoms with van der Waals surface area (Å²) in [5.74, 6) is -0.415. The molecule has 0 amide bonds. The molecule has 5 heteroatoms. The van der Waals surface area contributed by atoms with E-state index in [1.807, 2.05) is 31.2 Å². The number of aromatic amines is 1. The van der Waals surface area contributed by atoms with E-state index in [2.05, 4.69) is 9.97 Å². The highest BCUT2D eigenvalue weighted by Gasteiger charge is 2.11. The molecule has 2 N–H and O–H groups in total. The Morgan fingerprint density at radius 2 is 2.10 bits per heavy atom. The van der Waals surface area contributed by atoms with Gasteiger partial charge in [0.2, 0.25) is 0 Å². The van der Waals surface area contributed by atoms with E-state index in [0.29, 0.717) is 17.1 Å². The molecular weight excluding hydrogens is 256 g/mol. The second-order valence-corrected chi connectivity index (χ2v) is 4.74. The summed E-state index contributed by atoms with van der Waals surface area (Å²) >= 11 is 0. The first kappa shape index (κ1) is 14.0. The molecule has 0 fully saturated rings. The highest BCUT2D eigenvalue weighted by molar-refractivity contribution is 5.67. The number of aliphatic carboxylic acids is 1. The number of rotatable bonds is 4. The summed E-state index contributed by atoms with van der Waals surface area (Å²) in [6.07, 6.45) is 0.118. The van der Waals surface area contributed by atoms with Crippen LogP contribution in [0.5, 0.6) is 0 Å². The van der Waals surface area contributed by atoms with Crippen molar-refractivity contribution >= 4 is 5.97 Å². The number of H-pyrrole nitrogens is 1. The van der Waals surface area contributed by atoms with E-state index in [1.165, 1.54) is 0 Å². The second kappa shape index (κ2) is 5.69. The number of carboxylic acids is 1. The van der Waals surface area contributed by atoms with Crippen LogP contribution in [0, 0.1) is 13.8 Å². The van der Waals surface area contributed by atoms with Crippen LogP contribution in [0.25, 0.3) is 11.4 Å². The predicted molar refractivity (Wildman–Crippen MR) is 75.7 cm³/mol. The van der Waals surface area contributed by atoms with Crippen LogP contribution in [-0.4, -0.2) is 21.0 Å². The van der Waals surface area contributed by atoms with Gasteiger partial charge in [-0.2, -0.15) is 0 Å². The quantitative estimate of drug-likeness (QED) is 0.892. The van der Waals surface area contributed by atoms with Gasteiger partial charge in [0.05, 0.1) is 0 Å². The van der Waals surface area contributed by atoms with Crippen LogP contribution >= 0.6 is 0 Å². The maximum Gasteiger partial charge on any atom is 0.303 e. The van der Waals surface area contributed by atoms with Crippen molar-refractivity contribution < 1.29 is 9.90 Å². The smallest absolute Gasteiger partial charge is 0.303 e. The van der Waals surface area contributed by atoms with Gasteiger partial charge >= 0.3 is 5.97 Å². The number of aryl methyl sites for hydroxylation is 2. The van der Waals surface area contributed by atoms with Crippen molar-refractivity contribution in [3.05, 3.63) is 51.4 Å². The van der Waals surface area contributed by atoms with Gasteiger partial charge in [-0.25, -0.2) is 4.98 Å². The molecule has 1 heterocycles. The summed E-state index contributed by atoms with van der Waals surface area (Å²) in [7, 11) is 0. The summed E-state index contributed by atoms with van der Waals surface area (Å²) < 4.78 is 0. The maximum atomic E-state index is 12.0. The Labute approximate surface area is 116 Å². The molecule has 1 aromatic carbocycles. The summed E-state index contributed by atoms with van der Waals surface area (Å²) in [5.41, 5.74) is 2.67. The van der Waals surface area contributed by atoms with Gasteiger partial charge in [0.25, 0.3) is 5.56 Å². The van der Waals surface area contributed by atoms with Crippen LogP contribution < -0.4 is 5.56 Å². The average Bonchev–Trinajstić information content (AvgIpc) is 2.37. The molecule has 0 aliphatic heterocycles. The van der Waals surface area contributed by atoms with E-state index in [4.69, 9.17) is 5.11 Å². The minimum absolute atomic E-state index is 0.0740. The number of nitrogens with zero attached hydrogens (tertiary/aromatic N) is 1. The lowest BCUT2D eigenvalue weighted by atomic mass is 10.1. The molecule has 20 heavy (non-hydrogen) atoms. The summed E-state index contributed by atoms with van der Waals surface area (Å²) in [6.45, 7) is 3.70. The Kier molecular flexibility index (Phi) is 3.98. The van der Waals surface area contributed by atoms with Gasteiger partial charge in [0.15, 0.2) is 0 Å². The normalized spacial score (nSPS) is 10.5. The highest BCUT2D eigenvalue weighted by atomic mass is 16.4.